The number of nitrogens with zero attached hydrogens (tertiary/aromatic N) is 2. The molecule has 19 heavy (non-hydrogen) atoms. The molecule has 100 valence electrons. The van der Waals surface area contributed by atoms with Crippen molar-refractivity contribution in [2.24, 2.45) is 5.84 Å². The Kier molecular flexibility index (Phi) is 4.34. The SMILES string of the molecule is Cc1cc(NN)nc(COc2ccc(Br)cc2C)n1. The number of nitrogens with two attached hydrogens (primary N) is 1. The minimum atomic E-state index is 0.304. The van der Waals surface area contributed by atoms with E-state index in [0.717, 1.165) is 21.5 Å². The van der Waals surface area contributed by atoms with E-state index in [0.29, 0.717) is 18.2 Å². The van der Waals surface area contributed by atoms with Crippen LogP contribution < -0.4 is 16.0 Å². The predicted octanol–water partition coefficient (Wildman–Crippen LogP) is 2.72. The van der Waals surface area contributed by atoms with Crippen LogP contribution in [0.3, 0.4) is 0 Å². The van der Waals surface area contributed by atoms with Gasteiger partial charge in [0.25, 0.3) is 0 Å². The number of aromatic nitrogens is 2. The number of rotatable bonds is 4. The van der Waals surface area contributed by atoms with Crippen LogP contribution in [0.2, 0.25) is 0 Å². The zero-order chi connectivity index (χ0) is 13.8. The van der Waals surface area contributed by atoms with Crippen molar-refractivity contribution in [3.05, 3.63) is 45.8 Å². The van der Waals surface area contributed by atoms with E-state index in [1.165, 1.54) is 0 Å². The maximum atomic E-state index is 5.72. The highest BCUT2D eigenvalue weighted by molar-refractivity contribution is 9.10. The molecule has 0 bridgehead atoms. The monoisotopic (exact) mass is 322 g/mol. The smallest absolute Gasteiger partial charge is 0.168 e. The van der Waals surface area contributed by atoms with Gasteiger partial charge in [0, 0.05) is 16.2 Å². The summed E-state index contributed by atoms with van der Waals surface area (Å²) in [6.07, 6.45) is 0. The molecule has 1 aromatic carbocycles. The highest BCUT2D eigenvalue weighted by atomic mass is 79.9. The maximum Gasteiger partial charge on any atom is 0.168 e. The number of benzene rings is 1. The largest absolute Gasteiger partial charge is 0.485 e. The van der Waals surface area contributed by atoms with Gasteiger partial charge in [-0.05, 0) is 37.6 Å². The molecule has 2 rings (SSSR count). The Morgan fingerprint density at radius 2 is 2.05 bits per heavy atom. The zero-order valence-corrected chi connectivity index (χ0v) is 12.4. The van der Waals surface area contributed by atoms with Crippen molar-refractivity contribution in [1.82, 2.24) is 9.97 Å². The van der Waals surface area contributed by atoms with Crippen molar-refractivity contribution in [3.63, 3.8) is 0 Å². The average molecular weight is 323 g/mol. The summed E-state index contributed by atoms with van der Waals surface area (Å²) in [5.74, 6) is 7.34. The number of hydrazine groups is 1. The molecule has 6 heteroatoms. The van der Waals surface area contributed by atoms with Gasteiger partial charge in [-0.3, -0.25) is 0 Å². The van der Waals surface area contributed by atoms with E-state index < -0.39 is 0 Å². The number of hydrogen-bond donors (Lipinski definition) is 2. The lowest BCUT2D eigenvalue weighted by atomic mass is 10.2. The topological polar surface area (TPSA) is 73.1 Å². The number of halogens is 1. The average Bonchev–Trinajstić information content (AvgIpc) is 2.37. The molecule has 0 unspecified atom stereocenters. The summed E-state index contributed by atoms with van der Waals surface area (Å²) in [5, 5.41) is 0. The van der Waals surface area contributed by atoms with Crippen LogP contribution in [0.25, 0.3) is 0 Å². The minimum Gasteiger partial charge on any atom is -0.485 e. The first kappa shape index (κ1) is 13.8. The van der Waals surface area contributed by atoms with Crippen LogP contribution in [0.15, 0.2) is 28.7 Å². The lowest BCUT2D eigenvalue weighted by Crippen LogP contribution is -2.12. The Labute approximate surface area is 120 Å². The molecular weight excluding hydrogens is 308 g/mol. The third-order valence-electron chi connectivity index (χ3n) is 2.54. The molecular formula is C13H15BrN4O. The molecule has 5 nitrogen and oxygen atoms in total. The molecule has 0 radical (unpaired) electrons. The highest BCUT2D eigenvalue weighted by Crippen LogP contribution is 2.22. The molecule has 0 saturated carbocycles. The van der Waals surface area contributed by atoms with Crippen molar-refractivity contribution < 1.29 is 4.74 Å². The zero-order valence-electron chi connectivity index (χ0n) is 10.8. The van der Waals surface area contributed by atoms with Crippen LogP contribution in [0, 0.1) is 13.8 Å². The second-order valence-corrected chi connectivity index (χ2v) is 5.07. The standard InChI is InChI=1S/C13H15BrN4O/c1-8-5-10(14)3-4-11(8)19-7-13-16-9(2)6-12(17-13)18-15/h3-6H,7,15H2,1-2H3,(H,16,17,18). The fourth-order valence-corrected chi connectivity index (χ4v) is 2.16. The first-order chi connectivity index (χ1) is 9.08. The van der Waals surface area contributed by atoms with Gasteiger partial charge >= 0.3 is 0 Å². The fourth-order valence-electron chi connectivity index (χ4n) is 1.69. The van der Waals surface area contributed by atoms with E-state index in [-0.39, 0.29) is 0 Å². The van der Waals surface area contributed by atoms with E-state index in [9.17, 15) is 0 Å². The molecule has 0 aliphatic heterocycles. The van der Waals surface area contributed by atoms with Gasteiger partial charge in [0.2, 0.25) is 0 Å². The van der Waals surface area contributed by atoms with Crippen LogP contribution in [-0.4, -0.2) is 9.97 Å². The molecule has 3 N–H and O–H groups in total. The lowest BCUT2D eigenvalue weighted by molar-refractivity contribution is 0.293. The summed E-state index contributed by atoms with van der Waals surface area (Å²) >= 11 is 3.42. The van der Waals surface area contributed by atoms with E-state index >= 15 is 0 Å². The van der Waals surface area contributed by atoms with E-state index in [4.69, 9.17) is 10.6 Å². The number of hydrogen-bond acceptors (Lipinski definition) is 5. The number of aryl methyl sites for hydroxylation is 2. The fraction of sp³-hybridized carbons (Fsp3) is 0.231. The van der Waals surface area contributed by atoms with Crippen molar-refractivity contribution in [2.75, 3.05) is 5.43 Å². The van der Waals surface area contributed by atoms with E-state index in [1.807, 2.05) is 32.0 Å². The molecule has 0 aliphatic rings. The van der Waals surface area contributed by atoms with Crippen LogP contribution in [0.5, 0.6) is 5.75 Å². The summed E-state index contributed by atoms with van der Waals surface area (Å²) in [6, 6.07) is 7.62. The summed E-state index contributed by atoms with van der Waals surface area (Å²) in [6.45, 7) is 4.18. The number of nitrogen functional groups attached to an aromatic ring is 1. The Balaban J connectivity index is 2.12. The third kappa shape index (κ3) is 3.65. The van der Waals surface area contributed by atoms with Gasteiger partial charge < -0.3 is 10.2 Å². The van der Waals surface area contributed by atoms with E-state index in [1.54, 1.807) is 6.07 Å². The molecule has 1 aromatic heterocycles. The van der Waals surface area contributed by atoms with Crippen LogP contribution in [0.4, 0.5) is 5.82 Å². The Morgan fingerprint density at radius 1 is 1.26 bits per heavy atom. The molecule has 2 aromatic rings. The quantitative estimate of drug-likeness (QED) is 0.668. The van der Waals surface area contributed by atoms with Gasteiger partial charge in [0.15, 0.2) is 5.82 Å². The van der Waals surface area contributed by atoms with Gasteiger partial charge in [-0.25, -0.2) is 15.8 Å². The first-order valence-corrected chi connectivity index (χ1v) is 6.58. The summed E-state index contributed by atoms with van der Waals surface area (Å²) in [5.41, 5.74) is 4.41. The Morgan fingerprint density at radius 3 is 2.74 bits per heavy atom. The molecule has 0 atom stereocenters. The second kappa shape index (κ2) is 5.99. The van der Waals surface area contributed by atoms with Gasteiger partial charge in [-0.2, -0.15) is 0 Å². The first-order valence-electron chi connectivity index (χ1n) is 5.78. The second-order valence-electron chi connectivity index (χ2n) is 4.15. The molecule has 0 fully saturated rings. The maximum absolute atomic E-state index is 5.72. The Bertz CT molecular complexity index is 589. The summed E-state index contributed by atoms with van der Waals surface area (Å²) < 4.78 is 6.74. The van der Waals surface area contributed by atoms with Crippen molar-refractivity contribution in [3.8, 4) is 5.75 Å². The van der Waals surface area contributed by atoms with Crippen molar-refractivity contribution in [2.45, 2.75) is 20.5 Å². The molecule has 0 spiro atoms. The van der Waals surface area contributed by atoms with E-state index in [2.05, 4.69) is 31.3 Å². The van der Waals surface area contributed by atoms with Gasteiger partial charge in [-0.15, -0.1) is 0 Å². The predicted molar refractivity (Wildman–Crippen MR) is 77.8 cm³/mol. The molecule has 0 amide bonds. The van der Waals surface area contributed by atoms with Gasteiger partial charge in [0.05, 0.1) is 0 Å². The number of ether oxygens (including phenoxy) is 1. The number of nitrogens with one attached hydrogen (secondary N) is 1. The lowest BCUT2D eigenvalue weighted by Gasteiger charge is -2.10. The molecule has 1 heterocycles. The normalized spacial score (nSPS) is 10.3. The highest BCUT2D eigenvalue weighted by Gasteiger charge is 2.05. The van der Waals surface area contributed by atoms with Crippen LogP contribution >= 0.6 is 15.9 Å². The Hall–Kier alpha value is -1.66. The number of anilines is 1. The minimum absolute atomic E-state index is 0.304. The van der Waals surface area contributed by atoms with Crippen LogP contribution in [0.1, 0.15) is 17.1 Å². The van der Waals surface area contributed by atoms with Crippen molar-refractivity contribution >= 4 is 21.7 Å². The molecule has 0 aliphatic carbocycles. The molecule has 0 saturated heterocycles. The van der Waals surface area contributed by atoms with Gasteiger partial charge in [0.1, 0.15) is 18.2 Å². The van der Waals surface area contributed by atoms with Crippen molar-refractivity contribution in [1.29, 1.82) is 0 Å². The summed E-state index contributed by atoms with van der Waals surface area (Å²) in [7, 11) is 0. The van der Waals surface area contributed by atoms with Gasteiger partial charge in [-0.1, -0.05) is 15.9 Å². The summed E-state index contributed by atoms with van der Waals surface area (Å²) in [4.78, 5) is 8.54. The van der Waals surface area contributed by atoms with Crippen LogP contribution in [-0.2, 0) is 6.61 Å². The third-order valence-corrected chi connectivity index (χ3v) is 3.04.